The topological polar surface area (TPSA) is 79.0 Å². The largest absolute Gasteiger partial charge is 0.487 e. The number of anilines is 3. The second-order valence-electron chi connectivity index (χ2n) is 8.53. The molecule has 34 heavy (non-hydrogen) atoms. The molecule has 3 rings (SSSR count). The van der Waals surface area contributed by atoms with E-state index in [4.69, 9.17) is 4.74 Å². The van der Waals surface area contributed by atoms with Crippen molar-refractivity contribution in [3.05, 3.63) is 82.9 Å². The summed E-state index contributed by atoms with van der Waals surface area (Å²) in [5.74, 6) is 0.0876. The Bertz CT molecular complexity index is 1290. The summed E-state index contributed by atoms with van der Waals surface area (Å²) in [5, 5.41) is 2.87. The van der Waals surface area contributed by atoms with Gasteiger partial charge in [-0.2, -0.15) is 0 Å². The third-order valence-electron chi connectivity index (χ3n) is 5.59. The highest BCUT2D eigenvalue weighted by Gasteiger charge is 2.18. The van der Waals surface area contributed by atoms with E-state index in [1.54, 1.807) is 30.3 Å². The van der Waals surface area contributed by atoms with Gasteiger partial charge in [0.2, 0.25) is 10.0 Å². The highest BCUT2D eigenvalue weighted by Crippen LogP contribution is 2.33. The molecule has 8 heteroatoms. The minimum absolute atomic E-state index is 0.265. The van der Waals surface area contributed by atoms with E-state index in [2.05, 4.69) is 5.32 Å². The van der Waals surface area contributed by atoms with Crippen LogP contribution in [0.4, 0.5) is 17.1 Å². The molecule has 180 valence electrons. The standard InChI is InChI=1S/C26H31N3O4S/c1-18-7-8-19(2)21(15-18)17-33-25-16-22(11-14-24(25)29(5)34(6,31)32)27-26(30)20-9-12-23(13-10-20)28(3)4/h7-16H,17H2,1-6H3,(H,27,30). The van der Waals surface area contributed by atoms with E-state index in [9.17, 15) is 13.2 Å². The molecule has 0 aliphatic carbocycles. The predicted octanol–water partition coefficient (Wildman–Crippen LogP) is 4.60. The lowest BCUT2D eigenvalue weighted by Crippen LogP contribution is -2.25. The maximum Gasteiger partial charge on any atom is 0.255 e. The highest BCUT2D eigenvalue weighted by atomic mass is 32.2. The van der Waals surface area contributed by atoms with Gasteiger partial charge in [-0.05, 0) is 61.4 Å². The van der Waals surface area contributed by atoms with Crippen molar-refractivity contribution < 1.29 is 17.9 Å². The summed E-state index contributed by atoms with van der Waals surface area (Å²) in [7, 11) is 1.84. The highest BCUT2D eigenvalue weighted by molar-refractivity contribution is 7.92. The Morgan fingerprint density at radius 1 is 0.941 bits per heavy atom. The normalized spacial score (nSPS) is 11.1. The van der Waals surface area contributed by atoms with Crippen molar-refractivity contribution in [2.75, 3.05) is 41.9 Å². The quantitative estimate of drug-likeness (QED) is 0.509. The molecule has 0 aromatic heterocycles. The minimum Gasteiger partial charge on any atom is -0.487 e. The van der Waals surface area contributed by atoms with E-state index in [-0.39, 0.29) is 12.5 Å². The van der Waals surface area contributed by atoms with E-state index in [0.29, 0.717) is 22.7 Å². The number of ether oxygens (including phenoxy) is 1. The SMILES string of the molecule is Cc1ccc(C)c(COc2cc(NC(=O)c3ccc(N(C)C)cc3)ccc2N(C)S(C)(=O)=O)c1. The summed E-state index contributed by atoms with van der Waals surface area (Å²) in [6, 6.07) is 18.3. The van der Waals surface area contributed by atoms with Gasteiger partial charge in [0.15, 0.2) is 0 Å². The van der Waals surface area contributed by atoms with Crippen LogP contribution in [0, 0.1) is 13.8 Å². The molecule has 0 aliphatic heterocycles. The fourth-order valence-electron chi connectivity index (χ4n) is 3.37. The van der Waals surface area contributed by atoms with Gasteiger partial charge >= 0.3 is 0 Å². The molecule has 0 heterocycles. The molecule has 3 aromatic carbocycles. The monoisotopic (exact) mass is 481 g/mol. The fraction of sp³-hybridized carbons (Fsp3) is 0.269. The van der Waals surface area contributed by atoms with Crippen LogP contribution in [-0.4, -0.2) is 41.7 Å². The number of hydrogen-bond donors (Lipinski definition) is 1. The van der Waals surface area contributed by atoms with Gasteiger partial charge in [-0.25, -0.2) is 8.42 Å². The van der Waals surface area contributed by atoms with E-state index in [1.807, 2.05) is 63.2 Å². The van der Waals surface area contributed by atoms with E-state index in [0.717, 1.165) is 32.9 Å². The lowest BCUT2D eigenvalue weighted by molar-refractivity contribution is 0.102. The number of carbonyl (C=O) groups excluding carboxylic acids is 1. The Morgan fingerprint density at radius 2 is 1.62 bits per heavy atom. The predicted molar refractivity (Wildman–Crippen MR) is 139 cm³/mol. The summed E-state index contributed by atoms with van der Waals surface area (Å²) >= 11 is 0. The summed E-state index contributed by atoms with van der Waals surface area (Å²) < 4.78 is 31.6. The number of carbonyl (C=O) groups is 1. The van der Waals surface area contributed by atoms with Gasteiger partial charge in [-0.3, -0.25) is 9.10 Å². The molecular weight excluding hydrogens is 450 g/mol. The van der Waals surface area contributed by atoms with Crippen LogP contribution in [0.2, 0.25) is 0 Å². The van der Waals surface area contributed by atoms with Gasteiger partial charge in [0, 0.05) is 44.1 Å². The summed E-state index contributed by atoms with van der Waals surface area (Å²) in [5.41, 5.74) is 5.59. The zero-order valence-electron chi connectivity index (χ0n) is 20.4. The smallest absolute Gasteiger partial charge is 0.255 e. The molecule has 7 nitrogen and oxygen atoms in total. The second-order valence-corrected chi connectivity index (χ2v) is 10.5. The number of sulfonamides is 1. The fourth-order valence-corrected chi connectivity index (χ4v) is 3.88. The van der Waals surface area contributed by atoms with Crippen LogP contribution in [0.1, 0.15) is 27.0 Å². The lowest BCUT2D eigenvalue weighted by atomic mass is 10.1. The molecule has 0 aliphatic rings. The van der Waals surface area contributed by atoms with Crippen LogP contribution in [-0.2, 0) is 16.6 Å². The Morgan fingerprint density at radius 3 is 2.24 bits per heavy atom. The molecule has 0 fully saturated rings. The Labute approximate surface area is 202 Å². The van der Waals surface area contributed by atoms with Crippen molar-refractivity contribution in [3.63, 3.8) is 0 Å². The van der Waals surface area contributed by atoms with Crippen LogP contribution in [0.25, 0.3) is 0 Å². The molecule has 3 aromatic rings. The molecule has 1 amide bonds. The molecule has 0 bridgehead atoms. The van der Waals surface area contributed by atoms with Crippen LogP contribution in [0.15, 0.2) is 60.7 Å². The molecule has 0 spiro atoms. The second kappa shape index (κ2) is 10.2. The zero-order valence-corrected chi connectivity index (χ0v) is 21.2. The van der Waals surface area contributed by atoms with Gasteiger partial charge in [0.05, 0.1) is 11.9 Å². The molecule has 0 atom stereocenters. The van der Waals surface area contributed by atoms with Crippen molar-refractivity contribution in [2.24, 2.45) is 0 Å². The van der Waals surface area contributed by atoms with Crippen LogP contribution in [0.5, 0.6) is 5.75 Å². The minimum atomic E-state index is -3.50. The van der Waals surface area contributed by atoms with Gasteiger partial charge in [-0.15, -0.1) is 0 Å². The van der Waals surface area contributed by atoms with Crippen LogP contribution < -0.4 is 19.3 Å². The first-order chi connectivity index (χ1) is 16.0. The average Bonchev–Trinajstić information content (AvgIpc) is 2.78. The molecule has 0 saturated heterocycles. The summed E-state index contributed by atoms with van der Waals surface area (Å²) in [6.45, 7) is 4.27. The van der Waals surface area contributed by atoms with Crippen LogP contribution >= 0.6 is 0 Å². The average molecular weight is 482 g/mol. The van der Waals surface area contributed by atoms with Gasteiger partial charge < -0.3 is 15.0 Å². The van der Waals surface area contributed by atoms with E-state index in [1.165, 1.54) is 7.05 Å². The van der Waals surface area contributed by atoms with E-state index >= 15 is 0 Å². The molecular formula is C26H31N3O4S. The molecule has 0 radical (unpaired) electrons. The third kappa shape index (κ3) is 6.08. The third-order valence-corrected chi connectivity index (χ3v) is 6.78. The molecule has 0 saturated carbocycles. The van der Waals surface area contributed by atoms with Crippen molar-refractivity contribution in [1.29, 1.82) is 0 Å². The van der Waals surface area contributed by atoms with Crippen LogP contribution in [0.3, 0.4) is 0 Å². The summed E-state index contributed by atoms with van der Waals surface area (Å²) in [6.07, 6.45) is 1.13. The Kier molecular flexibility index (Phi) is 7.51. The molecule has 1 N–H and O–H groups in total. The number of aryl methyl sites for hydroxylation is 2. The van der Waals surface area contributed by atoms with Gasteiger partial charge in [-0.1, -0.05) is 23.8 Å². The Hall–Kier alpha value is -3.52. The lowest BCUT2D eigenvalue weighted by Gasteiger charge is -2.21. The number of rotatable bonds is 8. The van der Waals surface area contributed by atoms with Gasteiger partial charge in [0.25, 0.3) is 5.91 Å². The van der Waals surface area contributed by atoms with Crippen molar-refractivity contribution in [1.82, 2.24) is 0 Å². The van der Waals surface area contributed by atoms with Crippen molar-refractivity contribution in [3.8, 4) is 5.75 Å². The number of benzene rings is 3. The first-order valence-corrected chi connectivity index (χ1v) is 12.7. The number of hydrogen-bond acceptors (Lipinski definition) is 5. The first-order valence-electron chi connectivity index (χ1n) is 10.8. The van der Waals surface area contributed by atoms with E-state index < -0.39 is 10.0 Å². The Balaban J connectivity index is 1.88. The molecule has 0 unspecified atom stereocenters. The number of nitrogens with one attached hydrogen (secondary N) is 1. The number of nitrogens with zero attached hydrogens (tertiary/aromatic N) is 2. The maximum atomic E-state index is 12.8. The first kappa shape index (κ1) is 25.1. The van der Waals surface area contributed by atoms with Gasteiger partial charge in [0.1, 0.15) is 12.4 Å². The van der Waals surface area contributed by atoms with Crippen molar-refractivity contribution >= 4 is 33.0 Å². The maximum absolute atomic E-state index is 12.8. The summed E-state index contributed by atoms with van der Waals surface area (Å²) in [4.78, 5) is 14.7. The zero-order chi connectivity index (χ0) is 25.0. The van der Waals surface area contributed by atoms with Crippen molar-refractivity contribution in [2.45, 2.75) is 20.5 Å². The number of amides is 1.